The molecule has 2 atom stereocenters. The molecular weight excluding hydrogens is 540 g/mol. The summed E-state index contributed by atoms with van der Waals surface area (Å²) in [6.45, 7) is 0. The third-order valence-electron chi connectivity index (χ3n) is 6.35. The average Bonchev–Trinajstić information content (AvgIpc) is 3.50. The fraction of sp³-hybridized carbons (Fsp3) is 0.185. The van der Waals surface area contributed by atoms with Crippen molar-refractivity contribution in [2.75, 3.05) is 12.4 Å². The maximum Gasteiger partial charge on any atom is 0.418 e. The van der Waals surface area contributed by atoms with E-state index in [1.807, 2.05) is 0 Å². The lowest BCUT2D eigenvalue weighted by molar-refractivity contribution is -0.206. The average molecular weight is 561 g/mol. The highest BCUT2D eigenvalue weighted by Gasteiger charge is 2.40. The normalized spacial score (nSPS) is 16.5. The summed E-state index contributed by atoms with van der Waals surface area (Å²) in [5.41, 5.74) is 2.03. The molecule has 3 N–H and O–H groups in total. The largest absolute Gasteiger partial charge is 0.418 e. The van der Waals surface area contributed by atoms with E-state index in [2.05, 4.69) is 15.7 Å². The Morgan fingerprint density at radius 1 is 1.05 bits per heavy atom. The second kappa shape index (κ2) is 9.99. The summed E-state index contributed by atoms with van der Waals surface area (Å²) in [5, 5.41) is 13.9. The van der Waals surface area contributed by atoms with Crippen LogP contribution in [0.5, 0.6) is 0 Å². The van der Waals surface area contributed by atoms with Crippen LogP contribution in [0, 0.1) is 0 Å². The van der Waals surface area contributed by atoms with Crippen LogP contribution < -0.4 is 10.7 Å². The molecule has 208 valence electrons. The number of rotatable bonds is 5. The van der Waals surface area contributed by atoms with Gasteiger partial charge in [0.05, 0.1) is 11.6 Å². The van der Waals surface area contributed by atoms with Crippen LogP contribution in [0.2, 0.25) is 0 Å². The smallest absolute Gasteiger partial charge is 0.379 e. The molecule has 0 aliphatic carbocycles. The van der Waals surface area contributed by atoms with E-state index < -0.39 is 41.5 Å². The van der Waals surface area contributed by atoms with Gasteiger partial charge in [0, 0.05) is 36.1 Å². The fourth-order valence-corrected chi connectivity index (χ4v) is 4.42. The molecule has 40 heavy (non-hydrogen) atoms. The first-order valence-electron chi connectivity index (χ1n) is 11.8. The van der Waals surface area contributed by atoms with Gasteiger partial charge in [-0.2, -0.15) is 26.3 Å². The molecule has 0 bridgehead atoms. The number of nitrogens with one attached hydrogen (secondary N) is 2. The van der Waals surface area contributed by atoms with E-state index in [1.54, 1.807) is 43.6 Å². The minimum atomic E-state index is -4.94. The molecule has 0 spiro atoms. The van der Waals surface area contributed by atoms with Crippen molar-refractivity contribution in [3.8, 4) is 11.3 Å². The first-order chi connectivity index (χ1) is 18.8. The van der Waals surface area contributed by atoms with E-state index in [9.17, 15) is 36.2 Å². The number of benzene rings is 2. The predicted molar refractivity (Wildman–Crippen MR) is 134 cm³/mol. The first-order valence-corrected chi connectivity index (χ1v) is 11.8. The molecule has 2 aromatic carbocycles. The lowest BCUT2D eigenvalue weighted by Gasteiger charge is -2.20. The van der Waals surface area contributed by atoms with Crippen molar-refractivity contribution in [2.24, 2.45) is 0 Å². The zero-order valence-corrected chi connectivity index (χ0v) is 20.6. The Bertz CT molecular complexity index is 1600. The summed E-state index contributed by atoms with van der Waals surface area (Å²) in [6.07, 6.45) is -8.34. The quantitative estimate of drug-likeness (QED) is 0.266. The zero-order chi connectivity index (χ0) is 28.8. The number of alkyl halides is 6. The molecule has 13 heteroatoms. The van der Waals surface area contributed by atoms with Crippen molar-refractivity contribution in [3.05, 3.63) is 101 Å². The molecule has 0 fully saturated rings. The molecule has 0 saturated heterocycles. The van der Waals surface area contributed by atoms with Crippen molar-refractivity contribution in [1.29, 1.82) is 0 Å². The van der Waals surface area contributed by atoms with Gasteiger partial charge in [0.15, 0.2) is 6.10 Å². The first kappa shape index (κ1) is 27.2. The van der Waals surface area contributed by atoms with Gasteiger partial charge in [0.1, 0.15) is 17.2 Å². The molecule has 3 heterocycles. The Morgan fingerprint density at radius 2 is 1.77 bits per heavy atom. The van der Waals surface area contributed by atoms with Gasteiger partial charge < -0.3 is 15.4 Å². The number of pyridine rings is 1. The summed E-state index contributed by atoms with van der Waals surface area (Å²) in [4.78, 5) is 17.8. The molecule has 1 amide bonds. The highest BCUT2D eigenvalue weighted by atomic mass is 19.4. The number of hydrogen-bond acceptors (Lipinski definition) is 5. The van der Waals surface area contributed by atoms with Crippen molar-refractivity contribution in [1.82, 2.24) is 19.8 Å². The van der Waals surface area contributed by atoms with E-state index in [4.69, 9.17) is 0 Å². The summed E-state index contributed by atoms with van der Waals surface area (Å²) < 4.78 is 82.1. The van der Waals surface area contributed by atoms with Crippen LogP contribution in [0.4, 0.5) is 32.2 Å². The monoisotopic (exact) mass is 561 g/mol. The summed E-state index contributed by atoms with van der Waals surface area (Å²) in [5.74, 6) is -0.839. The van der Waals surface area contributed by atoms with Crippen molar-refractivity contribution in [3.63, 3.8) is 0 Å². The van der Waals surface area contributed by atoms with Gasteiger partial charge in [-0.25, -0.2) is 10.4 Å². The molecule has 7 nitrogen and oxygen atoms in total. The molecule has 4 aromatic rings. The van der Waals surface area contributed by atoms with Gasteiger partial charge in [-0.15, -0.1) is 0 Å². The lowest BCUT2D eigenvalue weighted by Crippen LogP contribution is -2.28. The minimum absolute atomic E-state index is 0.0255. The number of amides is 1. The summed E-state index contributed by atoms with van der Waals surface area (Å²) >= 11 is 0. The molecule has 2 unspecified atom stereocenters. The van der Waals surface area contributed by atoms with Gasteiger partial charge in [-0.3, -0.25) is 9.20 Å². The maximum atomic E-state index is 13.8. The predicted octanol–water partition coefficient (Wildman–Crippen LogP) is 5.87. The SMILES string of the molecule is CN1C=CC(c2cc(C(=O)Nc3c(-c4ccccc4)nc4ccc(C(O)C(F)(F)F)cn34)ccc2C(F)(F)F)N1. The third kappa shape index (κ3) is 5.25. The zero-order valence-electron chi connectivity index (χ0n) is 20.6. The molecule has 2 aromatic heterocycles. The van der Waals surface area contributed by atoms with Crippen LogP contribution >= 0.6 is 0 Å². The molecule has 5 rings (SSSR count). The van der Waals surface area contributed by atoms with E-state index in [-0.39, 0.29) is 28.3 Å². The number of anilines is 1. The Hall–Kier alpha value is -4.36. The number of fused-ring (bicyclic) bond motifs is 1. The van der Waals surface area contributed by atoms with Gasteiger partial charge in [-0.1, -0.05) is 36.4 Å². The van der Waals surface area contributed by atoms with Gasteiger partial charge in [0.25, 0.3) is 5.91 Å². The fourth-order valence-electron chi connectivity index (χ4n) is 4.42. The highest BCUT2D eigenvalue weighted by molar-refractivity contribution is 6.06. The highest BCUT2D eigenvalue weighted by Crippen LogP contribution is 2.38. The number of hydrazine groups is 1. The number of aliphatic hydroxyl groups excluding tert-OH is 1. The van der Waals surface area contributed by atoms with E-state index >= 15 is 0 Å². The van der Waals surface area contributed by atoms with Crippen molar-refractivity contribution < 1.29 is 36.2 Å². The van der Waals surface area contributed by atoms with Crippen LogP contribution in [-0.2, 0) is 6.18 Å². The Morgan fingerprint density at radius 3 is 2.40 bits per heavy atom. The van der Waals surface area contributed by atoms with Crippen LogP contribution in [0.25, 0.3) is 16.9 Å². The molecule has 1 aliphatic rings. The Kier molecular flexibility index (Phi) is 6.80. The number of aliphatic hydroxyl groups is 1. The van der Waals surface area contributed by atoms with E-state index in [0.29, 0.717) is 5.56 Å². The lowest BCUT2D eigenvalue weighted by atomic mass is 9.97. The summed E-state index contributed by atoms with van der Waals surface area (Å²) in [6, 6.07) is 12.9. The van der Waals surface area contributed by atoms with Gasteiger partial charge >= 0.3 is 12.4 Å². The number of imidazole rings is 1. The van der Waals surface area contributed by atoms with Crippen LogP contribution in [0.3, 0.4) is 0 Å². The molecule has 0 saturated carbocycles. The van der Waals surface area contributed by atoms with Crippen LogP contribution in [0.15, 0.2) is 79.1 Å². The third-order valence-corrected chi connectivity index (χ3v) is 6.35. The number of aromatic nitrogens is 2. The van der Waals surface area contributed by atoms with Gasteiger partial charge in [0.2, 0.25) is 0 Å². The standard InChI is InChI=1S/C27H21F6N5O2/c1-37-12-11-20(36-37)18-13-16(7-9-19(18)26(28,29)30)25(40)35-24-22(15-5-3-2-4-6-15)34-21-10-8-17(14-38(21)24)23(39)27(31,32)33/h2-14,20,23,36,39H,1H3,(H,35,40). The Balaban J connectivity index is 1.59. The number of carbonyl (C=O) groups is 1. The number of halogens is 6. The number of carbonyl (C=O) groups excluding carboxylic acids is 1. The van der Waals surface area contributed by atoms with Crippen LogP contribution in [0.1, 0.15) is 39.2 Å². The van der Waals surface area contributed by atoms with Crippen molar-refractivity contribution >= 4 is 17.4 Å². The maximum absolute atomic E-state index is 13.8. The van der Waals surface area contributed by atoms with Crippen molar-refractivity contribution in [2.45, 2.75) is 24.5 Å². The number of hydrogen-bond donors (Lipinski definition) is 3. The summed E-state index contributed by atoms with van der Waals surface area (Å²) in [7, 11) is 1.61. The topological polar surface area (TPSA) is 81.9 Å². The van der Waals surface area contributed by atoms with Crippen LogP contribution in [-0.4, -0.2) is 38.6 Å². The van der Waals surface area contributed by atoms with Gasteiger partial charge in [-0.05, 0) is 35.9 Å². The Labute approximate surface area is 223 Å². The second-order valence-electron chi connectivity index (χ2n) is 9.12. The van der Waals surface area contributed by atoms with E-state index in [1.165, 1.54) is 21.6 Å². The molecule has 0 radical (unpaired) electrons. The molecular formula is C27H21F6N5O2. The number of nitrogens with zero attached hydrogens (tertiary/aromatic N) is 3. The second-order valence-corrected chi connectivity index (χ2v) is 9.12. The minimum Gasteiger partial charge on any atom is -0.379 e. The molecule has 1 aliphatic heterocycles. The van der Waals surface area contributed by atoms with E-state index in [0.717, 1.165) is 30.5 Å².